The normalized spacial score (nSPS) is 34.6. The summed E-state index contributed by atoms with van der Waals surface area (Å²) in [5, 5.41) is 10.4. The van der Waals surface area contributed by atoms with Crippen molar-refractivity contribution in [1.82, 2.24) is 0 Å². The van der Waals surface area contributed by atoms with E-state index >= 15 is 0 Å². The molecule has 0 aromatic heterocycles. The number of hydrogen-bond donors (Lipinski definition) is 1. The Hall–Kier alpha value is -1.20. The summed E-state index contributed by atoms with van der Waals surface area (Å²) in [5.74, 6) is -3.74. The Bertz CT molecular complexity index is 502. The van der Waals surface area contributed by atoms with E-state index in [1.165, 1.54) is 20.1 Å². The van der Waals surface area contributed by atoms with Gasteiger partial charge in [-0.15, -0.1) is 0 Å². The molecule has 0 radical (unpaired) electrons. The van der Waals surface area contributed by atoms with Gasteiger partial charge in [-0.1, -0.05) is 13.0 Å². The molecule has 1 fully saturated rings. The minimum atomic E-state index is -1.47. The van der Waals surface area contributed by atoms with E-state index in [0.717, 1.165) is 6.07 Å². The summed E-state index contributed by atoms with van der Waals surface area (Å²) in [6, 6.07) is 2.48. The van der Waals surface area contributed by atoms with Crippen LogP contribution in [0.2, 0.25) is 0 Å². The molecule has 1 aliphatic heterocycles. The Morgan fingerprint density at radius 1 is 1.37 bits per heavy atom. The molecule has 1 aromatic rings. The minimum Gasteiger partial charge on any atom is -0.493 e. The lowest BCUT2D eigenvalue weighted by molar-refractivity contribution is -0.187. The summed E-state index contributed by atoms with van der Waals surface area (Å²) < 4.78 is 37.5. The summed E-state index contributed by atoms with van der Waals surface area (Å²) in [6.07, 6.45) is 0. The second kappa shape index (κ2) is 4.42. The fourth-order valence-corrected chi connectivity index (χ4v) is 2.72. The highest BCUT2D eigenvalue weighted by molar-refractivity contribution is 5.43. The van der Waals surface area contributed by atoms with Crippen LogP contribution in [0.25, 0.3) is 0 Å². The number of rotatable bonds is 2. The van der Waals surface area contributed by atoms with E-state index in [0.29, 0.717) is 12.2 Å². The zero-order valence-corrected chi connectivity index (χ0v) is 11.5. The van der Waals surface area contributed by atoms with Gasteiger partial charge in [-0.25, -0.2) is 4.39 Å². The molecular weight excluding hydrogens is 254 g/mol. The molecule has 1 N–H and O–H groups in total. The molecule has 0 aliphatic carbocycles. The molecule has 106 valence electrons. The van der Waals surface area contributed by atoms with Crippen LogP contribution in [-0.4, -0.2) is 24.6 Å². The molecule has 1 saturated heterocycles. The Balaban J connectivity index is 2.67. The van der Waals surface area contributed by atoms with Gasteiger partial charge in [0.1, 0.15) is 0 Å². The molecule has 3 nitrogen and oxygen atoms in total. The Morgan fingerprint density at radius 3 is 2.47 bits per heavy atom. The molecule has 1 aromatic carbocycles. The molecule has 0 spiro atoms. The van der Waals surface area contributed by atoms with Gasteiger partial charge in [-0.3, -0.25) is 0 Å². The van der Waals surface area contributed by atoms with Gasteiger partial charge in [0, 0.05) is 5.56 Å². The van der Waals surface area contributed by atoms with Crippen molar-refractivity contribution < 1.29 is 23.4 Å². The van der Waals surface area contributed by atoms with Crippen molar-refractivity contribution >= 4 is 0 Å². The van der Waals surface area contributed by atoms with Crippen LogP contribution >= 0.6 is 0 Å². The first kappa shape index (κ1) is 14.2. The number of aliphatic hydroxyl groups is 1. The van der Waals surface area contributed by atoms with E-state index in [4.69, 9.17) is 9.47 Å². The summed E-state index contributed by atoms with van der Waals surface area (Å²) in [6.45, 7) is 5.52. The van der Waals surface area contributed by atoms with E-state index in [-0.39, 0.29) is 11.7 Å². The van der Waals surface area contributed by atoms with Crippen molar-refractivity contribution in [2.75, 3.05) is 13.7 Å². The molecule has 2 rings (SSSR count). The fourth-order valence-electron chi connectivity index (χ4n) is 2.72. The fraction of sp³-hybridized carbons (Fsp3) is 0.571. The van der Waals surface area contributed by atoms with Gasteiger partial charge in [-0.05, 0) is 25.8 Å². The molecule has 19 heavy (non-hydrogen) atoms. The van der Waals surface area contributed by atoms with E-state index in [2.05, 4.69) is 0 Å². The van der Waals surface area contributed by atoms with E-state index in [9.17, 15) is 13.9 Å². The lowest BCUT2D eigenvalue weighted by Gasteiger charge is -2.39. The zero-order valence-electron chi connectivity index (χ0n) is 11.5. The molecule has 0 bridgehead atoms. The summed E-state index contributed by atoms with van der Waals surface area (Å²) in [4.78, 5) is 0. The van der Waals surface area contributed by atoms with Crippen molar-refractivity contribution in [3.05, 3.63) is 29.3 Å². The van der Waals surface area contributed by atoms with Gasteiger partial charge in [0.05, 0.1) is 19.1 Å². The molecule has 1 aliphatic rings. The van der Waals surface area contributed by atoms with Crippen LogP contribution in [0.3, 0.4) is 0 Å². The monoisotopic (exact) mass is 272 g/mol. The Morgan fingerprint density at radius 2 is 2.00 bits per heavy atom. The molecule has 0 saturated carbocycles. The Kier molecular flexibility index (Phi) is 3.31. The number of ether oxygens (including phenoxy) is 2. The zero-order chi connectivity index (χ0) is 14.4. The maximum atomic E-state index is 13.8. The van der Waals surface area contributed by atoms with Crippen molar-refractivity contribution in [1.29, 1.82) is 0 Å². The van der Waals surface area contributed by atoms with Gasteiger partial charge in [0.25, 0.3) is 0 Å². The number of hydrogen-bond acceptors (Lipinski definition) is 3. The van der Waals surface area contributed by atoms with Crippen molar-refractivity contribution in [2.45, 2.75) is 32.0 Å². The maximum absolute atomic E-state index is 13.8. The minimum absolute atomic E-state index is 0.0683. The average Bonchev–Trinajstić information content (AvgIpc) is 2.57. The number of benzene rings is 1. The van der Waals surface area contributed by atoms with Crippen LogP contribution in [0.1, 0.15) is 26.3 Å². The summed E-state index contributed by atoms with van der Waals surface area (Å²) in [5.41, 5.74) is -0.476. The van der Waals surface area contributed by atoms with E-state index < -0.39 is 22.8 Å². The lowest BCUT2D eigenvalue weighted by atomic mass is 9.69. The standard InChI is InChI=1S/C14H18F2O3/c1-8-7-19-14(3,17)13(8,2)9-5-6-10(15)11(16)12(9)18-4/h5-6,8,17H,7H2,1-4H3. The third-order valence-corrected chi connectivity index (χ3v) is 4.38. The lowest BCUT2D eigenvalue weighted by Crippen LogP contribution is -2.47. The van der Waals surface area contributed by atoms with Crippen LogP contribution in [-0.2, 0) is 10.2 Å². The van der Waals surface area contributed by atoms with Gasteiger partial charge in [0.15, 0.2) is 17.4 Å². The highest BCUT2D eigenvalue weighted by Crippen LogP contribution is 2.51. The predicted molar refractivity (Wildman–Crippen MR) is 66.0 cm³/mol. The highest BCUT2D eigenvalue weighted by Gasteiger charge is 2.56. The van der Waals surface area contributed by atoms with Gasteiger partial charge in [-0.2, -0.15) is 4.39 Å². The van der Waals surface area contributed by atoms with Crippen LogP contribution in [0, 0.1) is 17.6 Å². The second-order valence-electron chi connectivity index (χ2n) is 5.34. The molecule has 1 heterocycles. The van der Waals surface area contributed by atoms with Crippen LogP contribution in [0.5, 0.6) is 5.75 Å². The quantitative estimate of drug-likeness (QED) is 0.899. The third-order valence-electron chi connectivity index (χ3n) is 4.38. The average molecular weight is 272 g/mol. The predicted octanol–water partition coefficient (Wildman–Crippen LogP) is 2.61. The van der Waals surface area contributed by atoms with Crippen LogP contribution in [0.4, 0.5) is 8.78 Å². The van der Waals surface area contributed by atoms with E-state index in [1.54, 1.807) is 6.92 Å². The number of methoxy groups -OCH3 is 1. The smallest absolute Gasteiger partial charge is 0.200 e. The van der Waals surface area contributed by atoms with Gasteiger partial charge < -0.3 is 14.6 Å². The van der Waals surface area contributed by atoms with Gasteiger partial charge in [0.2, 0.25) is 5.82 Å². The number of halogens is 2. The first-order valence-corrected chi connectivity index (χ1v) is 6.14. The van der Waals surface area contributed by atoms with Gasteiger partial charge >= 0.3 is 0 Å². The summed E-state index contributed by atoms with van der Waals surface area (Å²) >= 11 is 0. The van der Waals surface area contributed by atoms with Crippen molar-refractivity contribution in [3.63, 3.8) is 0 Å². The molecular formula is C14H18F2O3. The largest absolute Gasteiger partial charge is 0.493 e. The maximum Gasteiger partial charge on any atom is 0.200 e. The van der Waals surface area contributed by atoms with E-state index in [1.807, 2.05) is 6.92 Å². The van der Waals surface area contributed by atoms with Crippen molar-refractivity contribution in [2.24, 2.45) is 5.92 Å². The van der Waals surface area contributed by atoms with Crippen molar-refractivity contribution in [3.8, 4) is 5.75 Å². The highest BCUT2D eigenvalue weighted by atomic mass is 19.2. The molecule has 0 amide bonds. The first-order chi connectivity index (χ1) is 8.75. The van der Waals surface area contributed by atoms with Crippen LogP contribution < -0.4 is 4.74 Å². The third kappa shape index (κ3) is 1.83. The summed E-state index contributed by atoms with van der Waals surface area (Å²) in [7, 11) is 1.28. The topological polar surface area (TPSA) is 38.7 Å². The molecule has 3 unspecified atom stereocenters. The SMILES string of the molecule is COc1c(C2(C)C(C)COC2(C)O)ccc(F)c1F. The molecule has 3 atom stereocenters. The van der Waals surface area contributed by atoms with Crippen LogP contribution in [0.15, 0.2) is 12.1 Å². The second-order valence-corrected chi connectivity index (χ2v) is 5.34. The Labute approximate surface area is 111 Å². The molecule has 5 heteroatoms. The first-order valence-electron chi connectivity index (χ1n) is 6.14.